The molecule has 1 nitrogen and oxygen atoms in total. The SMILES string of the molecule is CO[C@H]1CCCC[C@@H]1C(Br)c1ccccc1. The Morgan fingerprint density at radius 3 is 2.56 bits per heavy atom. The van der Waals surface area contributed by atoms with Crippen molar-refractivity contribution < 1.29 is 4.74 Å². The number of benzene rings is 1. The maximum atomic E-state index is 5.62. The normalized spacial score (nSPS) is 27.6. The van der Waals surface area contributed by atoms with Crippen LogP contribution in [0.25, 0.3) is 0 Å². The van der Waals surface area contributed by atoms with Gasteiger partial charge in [-0.2, -0.15) is 0 Å². The van der Waals surface area contributed by atoms with Crippen LogP contribution in [0.15, 0.2) is 30.3 Å². The predicted molar refractivity (Wildman–Crippen MR) is 70.9 cm³/mol. The van der Waals surface area contributed by atoms with Gasteiger partial charge in [0.15, 0.2) is 0 Å². The molecule has 0 N–H and O–H groups in total. The van der Waals surface area contributed by atoms with Gasteiger partial charge in [0.05, 0.1) is 6.10 Å². The first-order valence-electron chi connectivity index (χ1n) is 6.04. The van der Waals surface area contributed by atoms with Crippen molar-refractivity contribution in [3.05, 3.63) is 35.9 Å². The summed E-state index contributed by atoms with van der Waals surface area (Å²) in [6.45, 7) is 0. The molecule has 1 saturated carbocycles. The molecule has 0 saturated heterocycles. The molecule has 88 valence electrons. The minimum Gasteiger partial charge on any atom is -0.381 e. The largest absolute Gasteiger partial charge is 0.381 e. The summed E-state index contributed by atoms with van der Waals surface area (Å²) in [7, 11) is 1.84. The molecule has 0 aromatic heterocycles. The van der Waals surface area contributed by atoms with Crippen LogP contribution in [-0.2, 0) is 4.74 Å². The van der Waals surface area contributed by atoms with Crippen LogP contribution in [0, 0.1) is 5.92 Å². The Morgan fingerprint density at radius 1 is 1.19 bits per heavy atom. The second-order valence-electron chi connectivity index (χ2n) is 4.53. The fraction of sp³-hybridized carbons (Fsp3) is 0.571. The van der Waals surface area contributed by atoms with Crippen LogP contribution in [0.1, 0.15) is 36.1 Å². The van der Waals surface area contributed by atoms with Gasteiger partial charge in [-0.05, 0) is 18.4 Å². The number of alkyl halides is 1. The summed E-state index contributed by atoms with van der Waals surface area (Å²) in [5.41, 5.74) is 1.37. The first-order chi connectivity index (χ1) is 7.83. The second kappa shape index (κ2) is 5.83. The third-order valence-corrected chi connectivity index (χ3v) is 4.76. The van der Waals surface area contributed by atoms with Gasteiger partial charge in [0.25, 0.3) is 0 Å². The standard InChI is InChI=1S/C14H19BrO/c1-16-13-10-6-5-9-12(13)14(15)11-7-3-2-4-8-11/h2-4,7-8,12-14H,5-6,9-10H2,1H3/t12-,13-,14?/m0/s1. The Kier molecular flexibility index (Phi) is 4.42. The van der Waals surface area contributed by atoms with E-state index in [0.717, 1.165) is 0 Å². The summed E-state index contributed by atoms with van der Waals surface area (Å²) in [6.07, 6.45) is 5.53. The zero-order chi connectivity index (χ0) is 11.4. The molecular weight excluding hydrogens is 264 g/mol. The number of methoxy groups -OCH3 is 1. The van der Waals surface area contributed by atoms with Crippen molar-refractivity contribution in [3.8, 4) is 0 Å². The number of halogens is 1. The third kappa shape index (κ3) is 2.67. The topological polar surface area (TPSA) is 9.23 Å². The van der Waals surface area contributed by atoms with Crippen LogP contribution in [-0.4, -0.2) is 13.2 Å². The zero-order valence-electron chi connectivity index (χ0n) is 9.73. The number of hydrogen-bond donors (Lipinski definition) is 0. The fourth-order valence-corrected chi connectivity index (χ4v) is 3.55. The average Bonchev–Trinajstić information content (AvgIpc) is 2.39. The van der Waals surface area contributed by atoms with E-state index < -0.39 is 0 Å². The third-order valence-electron chi connectivity index (χ3n) is 3.55. The van der Waals surface area contributed by atoms with Gasteiger partial charge in [-0.15, -0.1) is 0 Å². The van der Waals surface area contributed by atoms with Crippen molar-refractivity contribution in [2.75, 3.05) is 7.11 Å². The molecule has 1 aromatic rings. The zero-order valence-corrected chi connectivity index (χ0v) is 11.3. The molecule has 3 atom stereocenters. The van der Waals surface area contributed by atoms with Gasteiger partial charge in [-0.3, -0.25) is 0 Å². The number of rotatable bonds is 3. The van der Waals surface area contributed by atoms with Crippen molar-refractivity contribution >= 4 is 15.9 Å². The van der Waals surface area contributed by atoms with E-state index in [9.17, 15) is 0 Å². The molecule has 1 aromatic carbocycles. The Bertz CT molecular complexity index is 312. The predicted octanol–water partition coefficient (Wildman–Crippen LogP) is 4.33. The molecule has 0 radical (unpaired) electrons. The molecule has 0 bridgehead atoms. The van der Waals surface area contributed by atoms with Crippen molar-refractivity contribution in [1.29, 1.82) is 0 Å². The Hall–Kier alpha value is -0.340. The monoisotopic (exact) mass is 282 g/mol. The van der Waals surface area contributed by atoms with Gasteiger partial charge in [-0.1, -0.05) is 59.1 Å². The molecule has 0 heterocycles. The Labute approximate surface area is 106 Å². The van der Waals surface area contributed by atoms with Crippen molar-refractivity contribution in [2.45, 2.75) is 36.6 Å². The van der Waals surface area contributed by atoms with E-state index in [2.05, 4.69) is 46.3 Å². The minimum absolute atomic E-state index is 0.415. The van der Waals surface area contributed by atoms with Gasteiger partial charge in [0, 0.05) is 17.9 Å². The average molecular weight is 283 g/mol. The summed E-state index contributed by atoms with van der Waals surface area (Å²) in [5, 5.41) is 0. The summed E-state index contributed by atoms with van der Waals surface area (Å²) in [6, 6.07) is 10.7. The van der Waals surface area contributed by atoms with Crippen LogP contribution in [0.3, 0.4) is 0 Å². The second-order valence-corrected chi connectivity index (χ2v) is 5.52. The highest BCUT2D eigenvalue weighted by Gasteiger charge is 2.31. The molecule has 2 rings (SSSR count). The van der Waals surface area contributed by atoms with E-state index in [0.29, 0.717) is 16.8 Å². The van der Waals surface area contributed by atoms with Crippen LogP contribution >= 0.6 is 15.9 Å². The van der Waals surface area contributed by atoms with Crippen molar-refractivity contribution in [3.63, 3.8) is 0 Å². The van der Waals surface area contributed by atoms with Gasteiger partial charge < -0.3 is 4.74 Å². The molecule has 0 amide bonds. The Morgan fingerprint density at radius 2 is 1.88 bits per heavy atom. The molecule has 1 fully saturated rings. The lowest BCUT2D eigenvalue weighted by molar-refractivity contribution is 0.0234. The van der Waals surface area contributed by atoms with E-state index in [4.69, 9.17) is 4.74 Å². The van der Waals surface area contributed by atoms with Crippen LogP contribution in [0.5, 0.6) is 0 Å². The molecule has 1 unspecified atom stereocenters. The van der Waals surface area contributed by atoms with E-state index >= 15 is 0 Å². The molecule has 0 aliphatic heterocycles. The number of ether oxygens (including phenoxy) is 1. The lowest BCUT2D eigenvalue weighted by Gasteiger charge is -2.34. The van der Waals surface area contributed by atoms with Crippen molar-refractivity contribution in [2.24, 2.45) is 5.92 Å². The van der Waals surface area contributed by atoms with E-state index in [1.807, 2.05) is 7.11 Å². The molecule has 16 heavy (non-hydrogen) atoms. The molecule has 1 aliphatic carbocycles. The number of hydrogen-bond acceptors (Lipinski definition) is 1. The summed E-state index contributed by atoms with van der Waals surface area (Å²) < 4.78 is 5.62. The van der Waals surface area contributed by atoms with Crippen LogP contribution < -0.4 is 0 Å². The maximum absolute atomic E-state index is 5.62. The molecular formula is C14H19BrO. The lowest BCUT2D eigenvalue weighted by Crippen LogP contribution is -2.29. The van der Waals surface area contributed by atoms with Gasteiger partial charge >= 0.3 is 0 Å². The first kappa shape index (κ1) is 12.1. The Balaban J connectivity index is 2.10. The van der Waals surface area contributed by atoms with E-state index in [-0.39, 0.29) is 0 Å². The summed E-state index contributed by atoms with van der Waals surface area (Å²) >= 11 is 3.85. The van der Waals surface area contributed by atoms with Crippen LogP contribution in [0.4, 0.5) is 0 Å². The smallest absolute Gasteiger partial charge is 0.0613 e. The maximum Gasteiger partial charge on any atom is 0.0613 e. The lowest BCUT2D eigenvalue weighted by atomic mass is 9.82. The highest BCUT2D eigenvalue weighted by molar-refractivity contribution is 9.09. The fourth-order valence-electron chi connectivity index (χ4n) is 2.64. The highest BCUT2D eigenvalue weighted by Crippen LogP contribution is 2.41. The van der Waals surface area contributed by atoms with E-state index in [1.165, 1.54) is 31.2 Å². The summed E-state index contributed by atoms with van der Waals surface area (Å²) in [5.74, 6) is 0.612. The summed E-state index contributed by atoms with van der Waals surface area (Å²) in [4.78, 5) is 0.430. The van der Waals surface area contributed by atoms with Gasteiger partial charge in [0.2, 0.25) is 0 Å². The van der Waals surface area contributed by atoms with Gasteiger partial charge in [0.1, 0.15) is 0 Å². The van der Waals surface area contributed by atoms with Crippen molar-refractivity contribution in [1.82, 2.24) is 0 Å². The highest BCUT2D eigenvalue weighted by atomic mass is 79.9. The quantitative estimate of drug-likeness (QED) is 0.750. The van der Waals surface area contributed by atoms with E-state index in [1.54, 1.807) is 0 Å². The van der Waals surface area contributed by atoms with Crippen LogP contribution in [0.2, 0.25) is 0 Å². The molecule has 0 spiro atoms. The first-order valence-corrected chi connectivity index (χ1v) is 6.96. The minimum atomic E-state index is 0.415. The molecule has 2 heteroatoms. The van der Waals surface area contributed by atoms with Gasteiger partial charge in [-0.25, -0.2) is 0 Å². The molecule has 1 aliphatic rings.